The molecule has 0 aliphatic heterocycles. The zero-order valence-corrected chi connectivity index (χ0v) is 13.3. The second-order valence-electron chi connectivity index (χ2n) is 5.90. The van der Waals surface area contributed by atoms with Gasteiger partial charge in [0.25, 0.3) is 0 Å². The largest absolute Gasteiger partial charge is 0.388 e. The van der Waals surface area contributed by atoms with E-state index in [1.54, 1.807) is 11.3 Å². The van der Waals surface area contributed by atoms with Crippen molar-refractivity contribution in [3.05, 3.63) is 29.3 Å². The van der Waals surface area contributed by atoms with E-state index in [0.29, 0.717) is 13.1 Å². The highest BCUT2D eigenvalue weighted by Gasteiger charge is 2.29. The maximum atomic E-state index is 11.9. The van der Waals surface area contributed by atoms with Gasteiger partial charge in [-0.2, -0.15) is 0 Å². The maximum absolute atomic E-state index is 11.9. The average molecular weight is 319 g/mol. The van der Waals surface area contributed by atoms with Crippen LogP contribution in [-0.2, 0) is 6.54 Å². The number of urea groups is 1. The SMILES string of the molecule is O=C(NCc1nc2ccccc2s1)NCC1(O)CCCCC1. The van der Waals surface area contributed by atoms with Crippen LogP contribution < -0.4 is 10.6 Å². The zero-order valence-electron chi connectivity index (χ0n) is 12.5. The molecule has 1 aliphatic rings. The van der Waals surface area contributed by atoms with Crippen LogP contribution >= 0.6 is 11.3 Å². The van der Waals surface area contributed by atoms with Gasteiger partial charge in [-0.15, -0.1) is 11.3 Å². The van der Waals surface area contributed by atoms with Crippen LogP contribution in [0.15, 0.2) is 24.3 Å². The minimum absolute atomic E-state index is 0.252. The lowest BCUT2D eigenvalue weighted by molar-refractivity contribution is 0.00719. The Balaban J connectivity index is 1.47. The van der Waals surface area contributed by atoms with Crippen LogP contribution in [-0.4, -0.2) is 28.3 Å². The molecule has 0 spiro atoms. The monoisotopic (exact) mass is 319 g/mol. The highest BCUT2D eigenvalue weighted by atomic mass is 32.1. The van der Waals surface area contributed by atoms with Gasteiger partial charge in [0.2, 0.25) is 0 Å². The molecule has 22 heavy (non-hydrogen) atoms. The van der Waals surface area contributed by atoms with Crippen molar-refractivity contribution in [3.63, 3.8) is 0 Å². The number of para-hydroxylation sites is 1. The first-order valence-electron chi connectivity index (χ1n) is 7.73. The number of fused-ring (bicyclic) bond motifs is 1. The molecule has 0 radical (unpaired) electrons. The highest BCUT2D eigenvalue weighted by molar-refractivity contribution is 7.18. The summed E-state index contributed by atoms with van der Waals surface area (Å²) in [5.41, 5.74) is 0.229. The number of carbonyl (C=O) groups excluding carboxylic acids is 1. The maximum Gasteiger partial charge on any atom is 0.315 e. The summed E-state index contributed by atoms with van der Waals surface area (Å²) in [7, 11) is 0. The van der Waals surface area contributed by atoms with Gasteiger partial charge < -0.3 is 15.7 Å². The third-order valence-corrected chi connectivity index (χ3v) is 5.14. The Morgan fingerprint density at radius 3 is 2.77 bits per heavy atom. The molecule has 3 N–H and O–H groups in total. The van der Waals surface area contributed by atoms with Gasteiger partial charge in [-0.3, -0.25) is 0 Å². The van der Waals surface area contributed by atoms with E-state index in [1.807, 2.05) is 24.3 Å². The van der Waals surface area contributed by atoms with Crippen molar-refractivity contribution in [2.45, 2.75) is 44.2 Å². The lowest BCUT2D eigenvalue weighted by atomic mass is 9.85. The van der Waals surface area contributed by atoms with Gasteiger partial charge in [0.05, 0.1) is 22.4 Å². The van der Waals surface area contributed by atoms with E-state index >= 15 is 0 Å². The Morgan fingerprint density at radius 1 is 1.23 bits per heavy atom. The van der Waals surface area contributed by atoms with E-state index in [0.717, 1.165) is 40.9 Å². The molecule has 1 saturated carbocycles. The van der Waals surface area contributed by atoms with E-state index in [4.69, 9.17) is 0 Å². The fourth-order valence-electron chi connectivity index (χ4n) is 2.85. The number of nitrogens with one attached hydrogen (secondary N) is 2. The lowest BCUT2D eigenvalue weighted by Gasteiger charge is -2.32. The van der Waals surface area contributed by atoms with Crippen LogP contribution in [0.25, 0.3) is 10.2 Å². The fraction of sp³-hybridized carbons (Fsp3) is 0.500. The number of thiazole rings is 1. The summed E-state index contributed by atoms with van der Waals surface area (Å²) in [6.07, 6.45) is 4.78. The van der Waals surface area contributed by atoms with Crippen LogP contribution in [0, 0.1) is 0 Å². The molecular formula is C16H21N3O2S. The number of aromatic nitrogens is 1. The number of rotatable bonds is 4. The van der Waals surface area contributed by atoms with Gasteiger partial charge in [0, 0.05) is 6.54 Å². The Hall–Kier alpha value is -1.66. The van der Waals surface area contributed by atoms with Crippen molar-refractivity contribution in [1.82, 2.24) is 15.6 Å². The molecule has 2 amide bonds. The highest BCUT2D eigenvalue weighted by Crippen LogP contribution is 2.27. The molecular weight excluding hydrogens is 298 g/mol. The predicted octanol–water partition coefficient (Wildman–Crippen LogP) is 2.79. The molecule has 118 valence electrons. The van der Waals surface area contributed by atoms with Crippen molar-refractivity contribution >= 4 is 27.6 Å². The minimum atomic E-state index is -0.731. The molecule has 5 nitrogen and oxygen atoms in total. The van der Waals surface area contributed by atoms with Crippen molar-refractivity contribution in [2.24, 2.45) is 0 Å². The van der Waals surface area contributed by atoms with Crippen LogP contribution in [0.3, 0.4) is 0 Å². The fourth-order valence-corrected chi connectivity index (χ4v) is 3.75. The Labute approximate surface area is 133 Å². The van der Waals surface area contributed by atoms with Crippen LogP contribution in [0.4, 0.5) is 4.79 Å². The summed E-state index contributed by atoms with van der Waals surface area (Å²) in [5, 5.41) is 16.8. The standard InChI is InChI=1S/C16H21N3O2S/c20-15(18-11-16(21)8-4-1-5-9-16)17-10-14-19-12-6-2-3-7-13(12)22-14/h2-3,6-7,21H,1,4-5,8-11H2,(H2,17,18,20). The molecule has 3 rings (SSSR count). The summed E-state index contributed by atoms with van der Waals surface area (Å²) in [4.78, 5) is 16.3. The van der Waals surface area contributed by atoms with Crippen molar-refractivity contribution in [3.8, 4) is 0 Å². The van der Waals surface area contributed by atoms with Gasteiger partial charge >= 0.3 is 6.03 Å². The topological polar surface area (TPSA) is 74.2 Å². The molecule has 1 aromatic heterocycles. The molecule has 0 unspecified atom stereocenters. The molecule has 0 saturated heterocycles. The van der Waals surface area contributed by atoms with Gasteiger partial charge in [-0.05, 0) is 25.0 Å². The minimum Gasteiger partial charge on any atom is -0.388 e. The van der Waals surface area contributed by atoms with E-state index in [-0.39, 0.29) is 6.03 Å². The van der Waals surface area contributed by atoms with Crippen LogP contribution in [0.2, 0.25) is 0 Å². The summed E-state index contributed by atoms with van der Waals surface area (Å²) in [6, 6.07) is 7.67. The van der Waals surface area contributed by atoms with Crippen LogP contribution in [0.1, 0.15) is 37.1 Å². The number of hydrogen-bond donors (Lipinski definition) is 3. The molecule has 1 fully saturated rings. The molecule has 0 bridgehead atoms. The Bertz CT molecular complexity index is 617. The van der Waals surface area contributed by atoms with Crippen molar-refractivity contribution in [1.29, 1.82) is 0 Å². The quantitative estimate of drug-likeness (QED) is 0.811. The summed E-state index contributed by atoms with van der Waals surface area (Å²) >= 11 is 1.58. The average Bonchev–Trinajstić information content (AvgIpc) is 2.95. The van der Waals surface area contributed by atoms with Crippen LogP contribution in [0.5, 0.6) is 0 Å². The Morgan fingerprint density at radius 2 is 2.00 bits per heavy atom. The molecule has 6 heteroatoms. The molecule has 0 atom stereocenters. The number of benzene rings is 1. The second-order valence-corrected chi connectivity index (χ2v) is 7.01. The normalized spacial score (nSPS) is 17.3. The molecule has 2 aromatic rings. The first-order valence-corrected chi connectivity index (χ1v) is 8.55. The molecule has 1 heterocycles. The number of aliphatic hydroxyl groups is 1. The smallest absolute Gasteiger partial charge is 0.315 e. The van der Waals surface area contributed by atoms with Crippen molar-refractivity contribution < 1.29 is 9.90 Å². The molecule has 1 aliphatic carbocycles. The first kappa shape index (κ1) is 15.2. The second kappa shape index (κ2) is 6.62. The molecule has 1 aromatic carbocycles. The van der Waals surface area contributed by atoms with E-state index in [9.17, 15) is 9.90 Å². The predicted molar refractivity (Wildman–Crippen MR) is 87.9 cm³/mol. The third-order valence-electron chi connectivity index (χ3n) is 4.10. The summed E-state index contributed by atoms with van der Waals surface area (Å²) in [5.74, 6) is 0. The number of amides is 2. The van der Waals surface area contributed by atoms with Crippen molar-refractivity contribution in [2.75, 3.05) is 6.54 Å². The summed E-state index contributed by atoms with van der Waals surface area (Å²) < 4.78 is 1.12. The number of nitrogens with zero attached hydrogens (tertiary/aromatic N) is 1. The van der Waals surface area contributed by atoms with E-state index in [1.165, 1.54) is 6.42 Å². The first-order chi connectivity index (χ1) is 10.6. The van der Waals surface area contributed by atoms with Gasteiger partial charge in [-0.25, -0.2) is 9.78 Å². The van der Waals surface area contributed by atoms with Gasteiger partial charge in [0.1, 0.15) is 5.01 Å². The van der Waals surface area contributed by atoms with E-state index < -0.39 is 5.60 Å². The third kappa shape index (κ3) is 3.75. The Kier molecular flexibility index (Phi) is 4.59. The van der Waals surface area contributed by atoms with Gasteiger partial charge in [-0.1, -0.05) is 31.4 Å². The lowest BCUT2D eigenvalue weighted by Crippen LogP contribution is -2.47. The van der Waals surface area contributed by atoms with Gasteiger partial charge in [0.15, 0.2) is 0 Å². The summed E-state index contributed by atoms with van der Waals surface area (Å²) in [6.45, 7) is 0.724. The zero-order chi connectivity index (χ0) is 15.4. The number of carbonyl (C=O) groups is 1. The number of hydrogen-bond acceptors (Lipinski definition) is 4. The van der Waals surface area contributed by atoms with E-state index in [2.05, 4.69) is 15.6 Å².